The molecule has 0 aliphatic heterocycles. The summed E-state index contributed by atoms with van der Waals surface area (Å²) in [5.74, 6) is -0.384. The molecule has 0 aromatic heterocycles. The van der Waals surface area contributed by atoms with Gasteiger partial charge < -0.3 is 9.84 Å². The molecule has 0 bridgehead atoms. The number of aliphatic hydroxyl groups excluding tert-OH is 1. The summed E-state index contributed by atoms with van der Waals surface area (Å²) in [6, 6.07) is 9.53. The summed E-state index contributed by atoms with van der Waals surface area (Å²) in [7, 11) is 0. The third-order valence-electron chi connectivity index (χ3n) is 2.06. The molecule has 3 nitrogen and oxygen atoms in total. The lowest BCUT2D eigenvalue weighted by molar-refractivity contribution is -0.142. The van der Waals surface area contributed by atoms with E-state index in [2.05, 4.69) is 0 Å². The summed E-state index contributed by atoms with van der Waals surface area (Å²) < 4.78 is 5.03. The standard InChI is InChI=1S/C13H16O3/c1-11(9-10-14)16-13(15)8-7-12-5-3-2-4-6-12/h2-8,11,14H,9-10H2,1H3/b8-7+. The van der Waals surface area contributed by atoms with E-state index >= 15 is 0 Å². The summed E-state index contributed by atoms with van der Waals surface area (Å²) in [5, 5.41) is 8.65. The normalized spacial score (nSPS) is 12.6. The first kappa shape index (κ1) is 12.5. The molecule has 0 saturated heterocycles. The van der Waals surface area contributed by atoms with E-state index in [9.17, 15) is 4.79 Å². The van der Waals surface area contributed by atoms with Crippen molar-refractivity contribution in [3.05, 3.63) is 42.0 Å². The second kappa shape index (κ2) is 6.80. The Bertz CT molecular complexity index is 343. The Kier molecular flexibility index (Phi) is 5.29. The predicted octanol–water partition coefficient (Wildman–Crippen LogP) is 2.01. The molecular formula is C13H16O3. The molecule has 3 heteroatoms. The molecule has 1 aromatic rings. The summed E-state index contributed by atoms with van der Waals surface area (Å²) in [6.07, 6.45) is 3.31. The van der Waals surface area contributed by atoms with Crippen molar-refractivity contribution < 1.29 is 14.6 Å². The van der Waals surface area contributed by atoms with Gasteiger partial charge in [0.2, 0.25) is 0 Å². The summed E-state index contributed by atoms with van der Waals surface area (Å²) in [6.45, 7) is 1.78. The fourth-order valence-corrected chi connectivity index (χ4v) is 1.21. The molecule has 0 fully saturated rings. The van der Waals surface area contributed by atoms with Crippen molar-refractivity contribution >= 4 is 12.0 Å². The summed E-state index contributed by atoms with van der Waals surface area (Å²) in [4.78, 5) is 11.3. The van der Waals surface area contributed by atoms with Crippen LogP contribution in [0.25, 0.3) is 6.08 Å². The number of carbonyl (C=O) groups excluding carboxylic acids is 1. The Morgan fingerprint density at radius 1 is 1.44 bits per heavy atom. The van der Waals surface area contributed by atoms with Crippen LogP contribution in [0.4, 0.5) is 0 Å². The molecule has 0 radical (unpaired) electrons. The topological polar surface area (TPSA) is 46.5 Å². The first-order chi connectivity index (χ1) is 7.72. The number of benzene rings is 1. The van der Waals surface area contributed by atoms with Crippen LogP contribution in [-0.4, -0.2) is 23.8 Å². The van der Waals surface area contributed by atoms with E-state index in [4.69, 9.17) is 9.84 Å². The van der Waals surface area contributed by atoms with Crippen LogP contribution in [0.3, 0.4) is 0 Å². The minimum atomic E-state index is -0.384. The van der Waals surface area contributed by atoms with E-state index in [1.807, 2.05) is 30.3 Å². The number of hydrogen-bond donors (Lipinski definition) is 1. The van der Waals surface area contributed by atoms with Crippen LogP contribution in [0, 0.1) is 0 Å². The molecular weight excluding hydrogens is 204 g/mol. The highest BCUT2D eigenvalue weighted by Gasteiger charge is 2.05. The zero-order chi connectivity index (χ0) is 11.8. The first-order valence-electron chi connectivity index (χ1n) is 5.27. The van der Waals surface area contributed by atoms with Crippen molar-refractivity contribution in [2.45, 2.75) is 19.4 Å². The molecule has 1 rings (SSSR count). The number of carbonyl (C=O) groups is 1. The Morgan fingerprint density at radius 3 is 2.75 bits per heavy atom. The lowest BCUT2D eigenvalue weighted by Crippen LogP contribution is -2.14. The number of aliphatic hydroxyl groups is 1. The second-order valence-corrected chi connectivity index (χ2v) is 3.50. The van der Waals surface area contributed by atoms with Gasteiger partial charge in [-0.25, -0.2) is 4.79 Å². The van der Waals surface area contributed by atoms with E-state index in [0.29, 0.717) is 6.42 Å². The van der Waals surface area contributed by atoms with E-state index in [1.165, 1.54) is 6.08 Å². The highest BCUT2D eigenvalue weighted by molar-refractivity contribution is 5.87. The van der Waals surface area contributed by atoms with Crippen LogP contribution in [0.15, 0.2) is 36.4 Å². The van der Waals surface area contributed by atoms with Gasteiger partial charge in [0.05, 0.1) is 0 Å². The van der Waals surface area contributed by atoms with Crippen molar-refractivity contribution in [2.75, 3.05) is 6.61 Å². The average molecular weight is 220 g/mol. The molecule has 0 saturated carbocycles. The Morgan fingerprint density at radius 2 is 2.12 bits per heavy atom. The molecule has 0 aliphatic rings. The molecule has 1 aromatic carbocycles. The van der Waals surface area contributed by atoms with Gasteiger partial charge in [-0.1, -0.05) is 30.3 Å². The maximum Gasteiger partial charge on any atom is 0.331 e. The van der Waals surface area contributed by atoms with Crippen molar-refractivity contribution in [3.8, 4) is 0 Å². The van der Waals surface area contributed by atoms with E-state index in [1.54, 1.807) is 13.0 Å². The van der Waals surface area contributed by atoms with Gasteiger partial charge in [0.25, 0.3) is 0 Å². The Labute approximate surface area is 95.4 Å². The van der Waals surface area contributed by atoms with Crippen LogP contribution in [0.5, 0.6) is 0 Å². The average Bonchev–Trinajstić information content (AvgIpc) is 2.28. The summed E-state index contributed by atoms with van der Waals surface area (Å²) >= 11 is 0. The zero-order valence-corrected chi connectivity index (χ0v) is 9.30. The van der Waals surface area contributed by atoms with Crippen molar-refractivity contribution in [1.29, 1.82) is 0 Å². The minimum Gasteiger partial charge on any atom is -0.459 e. The molecule has 0 heterocycles. The SMILES string of the molecule is CC(CCO)OC(=O)/C=C/c1ccccc1. The van der Waals surface area contributed by atoms with Crippen LogP contribution in [0.2, 0.25) is 0 Å². The molecule has 16 heavy (non-hydrogen) atoms. The number of hydrogen-bond acceptors (Lipinski definition) is 3. The second-order valence-electron chi connectivity index (χ2n) is 3.50. The third kappa shape index (κ3) is 4.75. The molecule has 0 spiro atoms. The molecule has 86 valence electrons. The van der Waals surface area contributed by atoms with Crippen molar-refractivity contribution in [2.24, 2.45) is 0 Å². The first-order valence-corrected chi connectivity index (χ1v) is 5.27. The van der Waals surface area contributed by atoms with Gasteiger partial charge in [0.15, 0.2) is 0 Å². The maximum atomic E-state index is 11.3. The number of esters is 1. The molecule has 0 aliphatic carbocycles. The van der Waals surface area contributed by atoms with Gasteiger partial charge in [-0.3, -0.25) is 0 Å². The largest absolute Gasteiger partial charge is 0.459 e. The maximum absolute atomic E-state index is 11.3. The van der Waals surface area contributed by atoms with Crippen LogP contribution in [-0.2, 0) is 9.53 Å². The van der Waals surface area contributed by atoms with Crippen molar-refractivity contribution in [3.63, 3.8) is 0 Å². The van der Waals surface area contributed by atoms with Gasteiger partial charge in [0, 0.05) is 19.1 Å². The number of ether oxygens (including phenoxy) is 1. The summed E-state index contributed by atoms with van der Waals surface area (Å²) in [5.41, 5.74) is 0.953. The molecule has 1 unspecified atom stereocenters. The lowest BCUT2D eigenvalue weighted by atomic mass is 10.2. The van der Waals surface area contributed by atoms with Gasteiger partial charge in [0.1, 0.15) is 6.10 Å². The minimum absolute atomic E-state index is 0.0246. The van der Waals surface area contributed by atoms with Crippen LogP contribution in [0.1, 0.15) is 18.9 Å². The highest BCUT2D eigenvalue weighted by atomic mass is 16.5. The van der Waals surface area contributed by atoms with E-state index in [0.717, 1.165) is 5.56 Å². The zero-order valence-electron chi connectivity index (χ0n) is 9.30. The fraction of sp³-hybridized carbons (Fsp3) is 0.308. The highest BCUT2D eigenvalue weighted by Crippen LogP contribution is 2.03. The molecule has 1 atom stereocenters. The quantitative estimate of drug-likeness (QED) is 0.610. The smallest absolute Gasteiger partial charge is 0.331 e. The van der Waals surface area contributed by atoms with Gasteiger partial charge in [-0.15, -0.1) is 0 Å². The molecule has 1 N–H and O–H groups in total. The predicted molar refractivity (Wildman–Crippen MR) is 62.7 cm³/mol. The fourth-order valence-electron chi connectivity index (χ4n) is 1.21. The van der Waals surface area contributed by atoms with Crippen LogP contribution < -0.4 is 0 Å². The Balaban J connectivity index is 2.42. The van der Waals surface area contributed by atoms with E-state index < -0.39 is 0 Å². The number of rotatable bonds is 5. The van der Waals surface area contributed by atoms with Gasteiger partial charge in [-0.05, 0) is 18.6 Å². The third-order valence-corrected chi connectivity index (χ3v) is 2.06. The molecule has 0 amide bonds. The Hall–Kier alpha value is -1.61. The van der Waals surface area contributed by atoms with Crippen molar-refractivity contribution in [1.82, 2.24) is 0 Å². The van der Waals surface area contributed by atoms with Gasteiger partial charge in [-0.2, -0.15) is 0 Å². The van der Waals surface area contributed by atoms with E-state index in [-0.39, 0.29) is 18.7 Å². The van der Waals surface area contributed by atoms with Gasteiger partial charge >= 0.3 is 5.97 Å². The van der Waals surface area contributed by atoms with Crippen LogP contribution >= 0.6 is 0 Å². The monoisotopic (exact) mass is 220 g/mol. The lowest BCUT2D eigenvalue weighted by Gasteiger charge is -2.09.